The molecular weight excluding hydrogens is 252 g/mol. The van der Waals surface area contributed by atoms with Crippen molar-refractivity contribution in [2.45, 2.75) is 12.8 Å². The van der Waals surface area contributed by atoms with Crippen molar-refractivity contribution in [2.75, 3.05) is 25.5 Å². The molecule has 0 aromatic heterocycles. The average molecular weight is 271 g/mol. The van der Waals surface area contributed by atoms with Gasteiger partial charge in [-0.3, -0.25) is 4.79 Å². The molecular formula is C13H19ClN2O2. The van der Waals surface area contributed by atoms with Crippen LogP contribution in [0.3, 0.4) is 0 Å². The molecule has 0 atom stereocenters. The van der Waals surface area contributed by atoms with E-state index in [-0.39, 0.29) is 18.3 Å². The quantitative estimate of drug-likeness (QED) is 0.612. The third-order valence-corrected chi connectivity index (χ3v) is 2.76. The van der Waals surface area contributed by atoms with Crippen molar-refractivity contribution in [1.29, 1.82) is 0 Å². The molecule has 1 saturated carbocycles. The van der Waals surface area contributed by atoms with Gasteiger partial charge in [0.25, 0.3) is 5.91 Å². The lowest BCUT2D eigenvalue weighted by molar-refractivity contribution is 0.0906. The Labute approximate surface area is 113 Å². The van der Waals surface area contributed by atoms with Crippen LogP contribution in [0.4, 0.5) is 5.69 Å². The normalized spacial score (nSPS) is 13.8. The summed E-state index contributed by atoms with van der Waals surface area (Å²) in [5.74, 6) is 0.683. The Hall–Kier alpha value is -1.26. The maximum Gasteiger partial charge on any atom is 0.251 e. The fourth-order valence-corrected chi connectivity index (χ4v) is 1.51. The monoisotopic (exact) mass is 270 g/mol. The Morgan fingerprint density at radius 1 is 1.33 bits per heavy atom. The van der Waals surface area contributed by atoms with E-state index in [1.165, 1.54) is 12.8 Å². The highest BCUT2D eigenvalue weighted by Gasteiger charge is 2.20. The second-order valence-electron chi connectivity index (χ2n) is 4.40. The molecule has 2 rings (SSSR count). The molecule has 100 valence electrons. The molecule has 1 aromatic rings. The van der Waals surface area contributed by atoms with E-state index in [0.717, 1.165) is 12.5 Å². The Bertz CT molecular complexity index is 377. The maximum absolute atomic E-state index is 11.7. The van der Waals surface area contributed by atoms with Gasteiger partial charge in [-0.25, -0.2) is 0 Å². The molecule has 5 heteroatoms. The van der Waals surface area contributed by atoms with Crippen molar-refractivity contribution in [2.24, 2.45) is 5.92 Å². The largest absolute Gasteiger partial charge is 0.399 e. The zero-order valence-corrected chi connectivity index (χ0v) is 11.0. The van der Waals surface area contributed by atoms with E-state index in [0.29, 0.717) is 24.4 Å². The van der Waals surface area contributed by atoms with E-state index in [2.05, 4.69) is 5.32 Å². The van der Waals surface area contributed by atoms with Crippen molar-refractivity contribution in [3.8, 4) is 0 Å². The molecule has 0 unspecified atom stereocenters. The summed E-state index contributed by atoms with van der Waals surface area (Å²) in [6.07, 6.45) is 2.58. The maximum atomic E-state index is 11.7. The highest BCUT2D eigenvalue weighted by atomic mass is 35.5. The summed E-state index contributed by atoms with van der Waals surface area (Å²) in [5.41, 5.74) is 6.84. The number of ether oxygens (including phenoxy) is 1. The Kier molecular flexibility index (Phi) is 5.95. The van der Waals surface area contributed by atoms with Gasteiger partial charge < -0.3 is 15.8 Å². The minimum absolute atomic E-state index is 0. The van der Waals surface area contributed by atoms with Crippen LogP contribution >= 0.6 is 12.4 Å². The van der Waals surface area contributed by atoms with Gasteiger partial charge in [0.15, 0.2) is 0 Å². The smallest absolute Gasteiger partial charge is 0.251 e. The predicted octanol–water partition coefficient (Wildman–Crippen LogP) is 1.85. The highest BCUT2D eigenvalue weighted by molar-refractivity contribution is 5.94. The van der Waals surface area contributed by atoms with E-state index in [1.807, 2.05) is 0 Å². The number of nitrogen functional groups attached to an aromatic ring is 1. The van der Waals surface area contributed by atoms with Gasteiger partial charge in [-0.1, -0.05) is 0 Å². The van der Waals surface area contributed by atoms with Crippen LogP contribution in [0.5, 0.6) is 0 Å². The van der Waals surface area contributed by atoms with E-state index >= 15 is 0 Å². The molecule has 0 bridgehead atoms. The molecule has 0 heterocycles. The number of halogens is 1. The second-order valence-corrected chi connectivity index (χ2v) is 4.40. The topological polar surface area (TPSA) is 64.4 Å². The standard InChI is InChI=1S/C13H18N2O2.ClH/c14-12-5-3-11(4-6-12)13(16)15-7-8-17-9-10-1-2-10;/h3-6,10H,1-2,7-9,14H2,(H,15,16);1H. The minimum Gasteiger partial charge on any atom is -0.399 e. The first-order chi connectivity index (χ1) is 8.25. The zero-order chi connectivity index (χ0) is 12.1. The number of hydrogen-bond acceptors (Lipinski definition) is 3. The van der Waals surface area contributed by atoms with Gasteiger partial charge in [-0.05, 0) is 43.0 Å². The van der Waals surface area contributed by atoms with Crippen LogP contribution in [0.1, 0.15) is 23.2 Å². The van der Waals surface area contributed by atoms with Gasteiger partial charge in [0.05, 0.1) is 6.61 Å². The molecule has 0 aliphatic heterocycles. The fourth-order valence-electron chi connectivity index (χ4n) is 1.51. The van der Waals surface area contributed by atoms with Crippen LogP contribution in [-0.4, -0.2) is 25.7 Å². The van der Waals surface area contributed by atoms with Crippen molar-refractivity contribution >= 4 is 24.0 Å². The van der Waals surface area contributed by atoms with E-state index in [9.17, 15) is 4.79 Å². The molecule has 0 saturated heterocycles. The number of anilines is 1. The summed E-state index contributed by atoms with van der Waals surface area (Å²) >= 11 is 0. The molecule has 1 amide bonds. The van der Waals surface area contributed by atoms with Gasteiger partial charge in [0.1, 0.15) is 0 Å². The number of carbonyl (C=O) groups excluding carboxylic acids is 1. The molecule has 0 radical (unpaired) electrons. The lowest BCUT2D eigenvalue weighted by Crippen LogP contribution is -2.27. The lowest BCUT2D eigenvalue weighted by Gasteiger charge is -2.06. The molecule has 1 aliphatic carbocycles. The zero-order valence-electron chi connectivity index (χ0n) is 10.2. The van der Waals surface area contributed by atoms with Gasteiger partial charge >= 0.3 is 0 Å². The highest BCUT2D eigenvalue weighted by Crippen LogP contribution is 2.28. The summed E-state index contributed by atoms with van der Waals surface area (Å²) in [7, 11) is 0. The molecule has 18 heavy (non-hydrogen) atoms. The number of nitrogens with one attached hydrogen (secondary N) is 1. The van der Waals surface area contributed by atoms with Crippen LogP contribution in [0.25, 0.3) is 0 Å². The first kappa shape index (κ1) is 14.8. The molecule has 0 spiro atoms. The van der Waals surface area contributed by atoms with Gasteiger partial charge in [-0.2, -0.15) is 0 Å². The Morgan fingerprint density at radius 2 is 2.00 bits per heavy atom. The molecule has 1 aliphatic rings. The van der Waals surface area contributed by atoms with Crippen LogP contribution in [0.15, 0.2) is 24.3 Å². The lowest BCUT2D eigenvalue weighted by atomic mass is 10.2. The van der Waals surface area contributed by atoms with Crippen molar-refractivity contribution in [1.82, 2.24) is 5.32 Å². The van der Waals surface area contributed by atoms with E-state index in [1.54, 1.807) is 24.3 Å². The van der Waals surface area contributed by atoms with Gasteiger partial charge in [0.2, 0.25) is 0 Å². The number of hydrogen-bond donors (Lipinski definition) is 2. The third-order valence-electron chi connectivity index (χ3n) is 2.76. The van der Waals surface area contributed by atoms with Crippen LogP contribution in [-0.2, 0) is 4.74 Å². The first-order valence-corrected chi connectivity index (χ1v) is 5.97. The van der Waals surface area contributed by atoms with Gasteiger partial charge in [0, 0.05) is 24.4 Å². The summed E-state index contributed by atoms with van der Waals surface area (Å²) in [5, 5.41) is 2.81. The summed E-state index contributed by atoms with van der Waals surface area (Å²) in [6.45, 7) is 1.96. The van der Waals surface area contributed by atoms with Crippen molar-refractivity contribution in [3.63, 3.8) is 0 Å². The van der Waals surface area contributed by atoms with Gasteiger partial charge in [-0.15, -0.1) is 12.4 Å². The second kappa shape index (κ2) is 7.24. The third kappa shape index (κ3) is 4.94. The number of amides is 1. The summed E-state index contributed by atoms with van der Waals surface area (Å²) in [6, 6.07) is 6.88. The summed E-state index contributed by atoms with van der Waals surface area (Å²) in [4.78, 5) is 11.7. The van der Waals surface area contributed by atoms with Crippen LogP contribution in [0.2, 0.25) is 0 Å². The van der Waals surface area contributed by atoms with E-state index in [4.69, 9.17) is 10.5 Å². The van der Waals surface area contributed by atoms with Crippen LogP contribution in [0, 0.1) is 5.92 Å². The molecule has 4 nitrogen and oxygen atoms in total. The molecule has 1 fully saturated rings. The number of carbonyl (C=O) groups is 1. The Morgan fingerprint density at radius 3 is 2.61 bits per heavy atom. The van der Waals surface area contributed by atoms with Crippen molar-refractivity contribution < 1.29 is 9.53 Å². The SMILES string of the molecule is Cl.Nc1ccc(C(=O)NCCOCC2CC2)cc1. The number of nitrogens with two attached hydrogens (primary N) is 1. The number of benzene rings is 1. The molecule has 1 aromatic carbocycles. The average Bonchev–Trinajstić information content (AvgIpc) is 3.13. The summed E-state index contributed by atoms with van der Waals surface area (Å²) < 4.78 is 5.43. The van der Waals surface area contributed by atoms with Crippen LogP contribution < -0.4 is 11.1 Å². The Balaban J connectivity index is 0.00000162. The number of rotatable bonds is 6. The predicted molar refractivity (Wildman–Crippen MR) is 74.0 cm³/mol. The van der Waals surface area contributed by atoms with Crippen molar-refractivity contribution in [3.05, 3.63) is 29.8 Å². The fraction of sp³-hybridized carbons (Fsp3) is 0.462. The minimum atomic E-state index is -0.0833. The van der Waals surface area contributed by atoms with E-state index < -0.39 is 0 Å². The first-order valence-electron chi connectivity index (χ1n) is 5.97. The molecule has 3 N–H and O–H groups in total.